The molecular weight excluding hydrogens is 422 g/mol. The van der Waals surface area contributed by atoms with Crippen molar-refractivity contribution in [2.45, 2.75) is 39.7 Å². The van der Waals surface area contributed by atoms with Gasteiger partial charge in [-0.3, -0.25) is 14.8 Å². The van der Waals surface area contributed by atoms with Gasteiger partial charge >= 0.3 is 0 Å². The Bertz CT molecular complexity index is 1040. The van der Waals surface area contributed by atoms with Crippen LogP contribution in [-0.4, -0.2) is 31.6 Å². The molecule has 0 saturated carbocycles. The third-order valence-electron chi connectivity index (χ3n) is 5.06. The number of amides is 1. The largest absolute Gasteiger partial charge is 0.497 e. The van der Waals surface area contributed by atoms with Crippen LogP contribution in [0, 0.1) is 0 Å². The minimum atomic E-state index is -0.0698. The Morgan fingerprint density at radius 2 is 1.41 bits per heavy atom. The van der Waals surface area contributed by atoms with E-state index in [1.54, 1.807) is 14.2 Å². The highest BCUT2D eigenvalue weighted by Crippen LogP contribution is 2.13. The van der Waals surface area contributed by atoms with Crippen LogP contribution < -0.4 is 10.1 Å². The zero-order chi connectivity index (χ0) is 24.6. The molecule has 0 heterocycles. The fourth-order valence-electron chi connectivity index (χ4n) is 3.28. The molecule has 0 bridgehead atoms. The molecule has 0 radical (unpaired) electrons. The van der Waals surface area contributed by atoms with Gasteiger partial charge in [0.05, 0.1) is 19.4 Å². The van der Waals surface area contributed by atoms with E-state index >= 15 is 0 Å². The highest BCUT2D eigenvalue weighted by atomic mass is 16.5. The number of benzene rings is 3. The molecule has 34 heavy (non-hydrogen) atoms. The first kappa shape index (κ1) is 26.5. The summed E-state index contributed by atoms with van der Waals surface area (Å²) in [5.74, 6) is 1.25. The topological polar surface area (TPSA) is 63.0 Å². The quantitative estimate of drug-likeness (QED) is 0.332. The van der Waals surface area contributed by atoms with Gasteiger partial charge < -0.3 is 10.1 Å². The number of rotatable bonds is 9. The molecule has 1 N–H and O–H groups in total. The first-order valence-electron chi connectivity index (χ1n) is 11.7. The van der Waals surface area contributed by atoms with Crippen LogP contribution in [0.5, 0.6) is 5.75 Å². The predicted octanol–water partition coefficient (Wildman–Crippen LogP) is 5.68. The number of hydrogen-bond donors (Lipinski definition) is 1. The van der Waals surface area contributed by atoms with E-state index in [1.165, 1.54) is 0 Å². The SMILES string of the molecule is CC.CN=C(NC(=O)CCc1ccccc1)C(Cc1ccccc1)=NCc1ccc(OC)cc1. The van der Waals surface area contributed by atoms with Crippen molar-refractivity contribution >= 4 is 17.5 Å². The fourth-order valence-corrected chi connectivity index (χ4v) is 3.28. The van der Waals surface area contributed by atoms with E-state index < -0.39 is 0 Å². The minimum absolute atomic E-state index is 0.0698. The second-order valence-electron chi connectivity index (χ2n) is 7.38. The Morgan fingerprint density at radius 3 is 1.97 bits per heavy atom. The molecule has 5 heteroatoms. The number of nitrogens with zero attached hydrogens (tertiary/aromatic N) is 2. The molecule has 0 fully saturated rings. The van der Waals surface area contributed by atoms with Crippen molar-refractivity contribution in [3.63, 3.8) is 0 Å². The molecule has 5 nitrogen and oxygen atoms in total. The third-order valence-corrected chi connectivity index (χ3v) is 5.06. The molecule has 0 unspecified atom stereocenters. The summed E-state index contributed by atoms with van der Waals surface area (Å²) < 4.78 is 5.23. The number of carbonyl (C=O) groups excluding carboxylic acids is 1. The molecule has 0 aliphatic heterocycles. The van der Waals surface area contributed by atoms with E-state index in [-0.39, 0.29) is 5.91 Å². The summed E-state index contributed by atoms with van der Waals surface area (Å²) in [7, 11) is 3.33. The van der Waals surface area contributed by atoms with Crippen LogP contribution in [0.2, 0.25) is 0 Å². The molecule has 0 saturated heterocycles. The predicted molar refractivity (Wildman–Crippen MR) is 142 cm³/mol. The maximum atomic E-state index is 12.6. The van der Waals surface area contributed by atoms with Crippen molar-refractivity contribution in [2.75, 3.05) is 14.2 Å². The summed E-state index contributed by atoms with van der Waals surface area (Å²) >= 11 is 0. The van der Waals surface area contributed by atoms with Gasteiger partial charge in [0, 0.05) is 19.9 Å². The third kappa shape index (κ3) is 9.02. The average molecular weight is 458 g/mol. The Morgan fingerprint density at radius 1 is 0.824 bits per heavy atom. The average Bonchev–Trinajstić information content (AvgIpc) is 2.91. The second kappa shape index (κ2) is 15.2. The maximum absolute atomic E-state index is 12.6. The van der Waals surface area contributed by atoms with Gasteiger partial charge in [0.15, 0.2) is 0 Å². The van der Waals surface area contributed by atoms with Crippen LogP contribution in [0.3, 0.4) is 0 Å². The smallest absolute Gasteiger partial charge is 0.225 e. The zero-order valence-corrected chi connectivity index (χ0v) is 20.6. The van der Waals surface area contributed by atoms with Crippen molar-refractivity contribution in [1.82, 2.24) is 5.32 Å². The van der Waals surface area contributed by atoms with Crippen molar-refractivity contribution in [3.8, 4) is 5.75 Å². The maximum Gasteiger partial charge on any atom is 0.225 e. The zero-order valence-electron chi connectivity index (χ0n) is 20.6. The number of methoxy groups -OCH3 is 1. The van der Waals surface area contributed by atoms with Gasteiger partial charge in [-0.05, 0) is 35.2 Å². The van der Waals surface area contributed by atoms with Gasteiger partial charge in [0.2, 0.25) is 5.91 Å². The normalized spacial score (nSPS) is 11.3. The number of aliphatic imine (C=N–C) groups is 2. The van der Waals surface area contributed by atoms with Crippen LogP contribution in [0.15, 0.2) is 94.9 Å². The molecule has 0 aromatic heterocycles. The number of carbonyl (C=O) groups is 1. The lowest BCUT2D eigenvalue weighted by Crippen LogP contribution is -2.37. The fraction of sp³-hybridized carbons (Fsp3) is 0.276. The molecule has 3 aromatic rings. The lowest BCUT2D eigenvalue weighted by molar-refractivity contribution is -0.119. The van der Waals surface area contributed by atoms with Crippen LogP contribution in [0.4, 0.5) is 0 Å². The number of nitrogens with one attached hydrogen (secondary N) is 1. The van der Waals surface area contributed by atoms with E-state index in [0.717, 1.165) is 28.2 Å². The highest BCUT2D eigenvalue weighted by Gasteiger charge is 2.13. The van der Waals surface area contributed by atoms with Crippen LogP contribution >= 0.6 is 0 Å². The minimum Gasteiger partial charge on any atom is -0.497 e. The van der Waals surface area contributed by atoms with Crippen molar-refractivity contribution in [2.24, 2.45) is 9.98 Å². The lowest BCUT2D eigenvalue weighted by atomic mass is 10.1. The van der Waals surface area contributed by atoms with Gasteiger partial charge in [-0.15, -0.1) is 0 Å². The van der Waals surface area contributed by atoms with Crippen LogP contribution in [0.1, 0.15) is 37.0 Å². The van der Waals surface area contributed by atoms with Gasteiger partial charge in [-0.2, -0.15) is 0 Å². The van der Waals surface area contributed by atoms with E-state index in [1.807, 2.05) is 98.8 Å². The summed E-state index contributed by atoms with van der Waals surface area (Å²) in [6, 6.07) is 27.9. The summed E-state index contributed by atoms with van der Waals surface area (Å²) in [6.45, 7) is 4.49. The highest BCUT2D eigenvalue weighted by molar-refractivity contribution is 6.44. The van der Waals surface area contributed by atoms with Gasteiger partial charge in [0.1, 0.15) is 11.6 Å². The molecular formula is C29H35N3O2. The summed E-state index contributed by atoms with van der Waals surface area (Å²) in [4.78, 5) is 21.8. The summed E-state index contributed by atoms with van der Waals surface area (Å²) in [5, 5.41) is 2.97. The van der Waals surface area contributed by atoms with Gasteiger partial charge in [0.25, 0.3) is 0 Å². The van der Waals surface area contributed by atoms with E-state index in [9.17, 15) is 4.79 Å². The molecule has 0 aliphatic carbocycles. The number of hydrogen-bond acceptors (Lipinski definition) is 4. The van der Waals surface area contributed by atoms with Gasteiger partial charge in [-0.25, -0.2) is 0 Å². The monoisotopic (exact) mass is 457 g/mol. The summed E-state index contributed by atoms with van der Waals surface area (Å²) in [5.41, 5.74) is 4.06. The van der Waals surface area contributed by atoms with Crippen molar-refractivity contribution < 1.29 is 9.53 Å². The number of ether oxygens (including phenoxy) is 1. The molecule has 0 spiro atoms. The Hall–Kier alpha value is -3.73. The van der Waals surface area contributed by atoms with E-state index in [4.69, 9.17) is 9.73 Å². The second-order valence-corrected chi connectivity index (χ2v) is 7.38. The summed E-state index contributed by atoms with van der Waals surface area (Å²) in [6.07, 6.45) is 1.66. The first-order valence-corrected chi connectivity index (χ1v) is 11.7. The first-order chi connectivity index (χ1) is 16.7. The number of aryl methyl sites for hydroxylation is 1. The Balaban J connectivity index is 0.00000199. The van der Waals surface area contributed by atoms with Crippen molar-refractivity contribution in [3.05, 3.63) is 102 Å². The molecule has 178 valence electrons. The molecule has 3 rings (SSSR count). The standard InChI is InChI=1S/C27H29N3O2.C2H6/c1-28-27(30-26(31)18-15-21-9-5-3-6-10-21)25(19-22-11-7-4-8-12-22)29-20-23-13-16-24(32-2)17-14-23;1-2/h3-14,16-17H,15,18-20H2,1-2H3,(H,28,30,31);1-2H3. The molecule has 3 aromatic carbocycles. The van der Waals surface area contributed by atoms with E-state index in [0.29, 0.717) is 31.6 Å². The lowest BCUT2D eigenvalue weighted by Gasteiger charge is -2.12. The van der Waals surface area contributed by atoms with Crippen LogP contribution in [-0.2, 0) is 24.2 Å². The molecule has 0 atom stereocenters. The Labute approximate surface area is 203 Å². The van der Waals surface area contributed by atoms with Crippen molar-refractivity contribution in [1.29, 1.82) is 0 Å². The van der Waals surface area contributed by atoms with Gasteiger partial charge in [-0.1, -0.05) is 86.6 Å². The number of amidine groups is 1. The molecule has 0 aliphatic rings. The van der Waals surface area contributed by atoms with E-state index in [2.05, 4.69) is 10.3 Å². The van der Waals surface area contributed by atoms with Crippen LogP contribution in [0.25, 0.3) is 0 Å². The molecule has 1 amide bonds. The Kier molecular flexibility index (Phi) is 11.8.